The summed E-state index contributed by atoms with van der Waals surface area (Å²) >= 11 is 6.02. The number of hydrogen-bond donors (Lipinski definition) is 3. The summed E-state index contributed by atoms with van der Waals surface area (Å²) in [7, 11) is 0. The summed E-state index contributed by atoms with van der Waals surface area (Å²) in [6.45, 7) is 1.02. The molecule has 1 atom stereocenters. The van der Waals surface area contributed by atoms with E-state index in [-0.39, 0.29) is 11.8 Å². The van der Waals surface area contributed by atoms with Crippen LogP contribution >= 0.6 is 11.6 Å². The fourth-order valence-corrected chi connectivity index (χ4v) is 4.94. The van der Waals surface area contributed by atoms with Gasteiger partial charge in [-0.3, -0.25) is 9.36 Å². The number of hydrogen-bond acceptors (Lipinski definition) is 6. The lowest BCUT2D eigenvalue weighted by atomic mass is 9.83. The van der Waals surface area contributed by atoms with Gasteiger partial charge in [-0.1, -0.05) is 73.3 Å². The van der Waals surface area contributed by atoms with Crippen LogP contribution in [0.25, 0.3) is 5.82 Å². The minimum atomic E-state index is -0.407. The number of imidazole rings is 1. The van der Waals surface area contributed by atoms with E-state index >= 15 is 0 Å². The highest BCUT2D eigenvalue weighted by Gasteiger charge is 2.30. The number of nitrogens with one attached hydrogen (secondary N) is 3. The molecule has 1 fully saturated rings. The van der Waals surface area contributed by atoms with Crippen LogP contribution in [0.5, 0.6) is 0 Å². The zero-order chi connectivity index (χ0) is 26.2. The van der Waals surface area contributed by atoms with Gasteiger partial charge in [0, 0.05) is 36.6 Å². The van der Waals surface area contributed by atoms with Crippen LogP contribution in [0, 0.1) is 5.92 Å². The second kappa shape index (κ2) is 12.6. The zero-order valence-electron chi connectivity index (χ0n) is 21.2. The second-order valence-electron chi connectivity index (χ2n) is 9.61. The molecule has 0 spiro atoms. The fraction of sp³-hybridized carbons (Fsp3) is 0.310. The Kier molecular flexibility index (Phi) is 8.50. The number of carbonyl (C=O) groups is 1. The van der Waals surface area contributed by atoms with E-state index in [4.69, 9.17) is 16.6 Å². The number of benzene rings is 2. The van der Waals surface area contributed by atoms with Gasteiger partial charge in [0.1, 0.15) is 24.0 Å². The number of carbonyl (C=O) groups excluding carboxylic acids is 1. The molecule has 38 heavy (non-hydrogen) atoms. The molecular formula is C29H32ClN7O. The van der Waals surface area contributed by atoms with E-state index in [9.17, 15) is 4.79 Å². The Morgan fingerprint density at radius 2 is 1.74 bits per heavy atom. The third-order valence-corrected chi connectivity index (χ3v) is 7.11. The van der Waals surface area contributed by atoms with E-state index < -0.39 is 6.04 Å². The van der Waals surface area contributed by atoms with Crippen LogP contribution in [0.15, 0.2) is 79.4 Å². The van der Waals surface area contributed by atoms with Crippen molar-refractivity contribution in [1.82, 2.24) is 24.8 Å². The molecule has 1 aliphatic carbocycles. The van der Waals surface area contributed by atoms with Crippen molar-refractivity contribution < 1.29 is 4.79 Å². The van der Waals surface area contributed by atoms with Crippen molar-refractivity contribution in [3.05, 3.63) is 95.5 Å². The first kappa shape index (κ1) is 25.7. The Morgan fingerprint density at radius 3 is 2.47 bits per heavy atom. The Hall–Kier alpha value is -3.91. The predicted octanol–water partition coefficient (Wildman–Crippen LogP) is 5.61. The van der Waals surface area contributed by atoms with Crippen molar-refractivity contribution in [3.63, 3.8) is 0 Å². The molecule has 1 amide bonds. The molecule has 1 unspecified atom stereocenters. The normalized spacial score (nSPS) is 14.6. The summed E-state index contributed by atoms with van der Waals surface area (Å²) in [5, 5.41) is 10.6. The van der Waals surface area contributed by atoms with E-state index in [1.165, 1.54) is 6.42 Å². The topological polar surface area (TPSA) is 96.8 Å². The molecule has 5 rings (SSSR count). The number of aromatic nitrogens is 4. The molecule has 2 heterocycles. The summed E-state index contributed by atoms with van der Waals surface area (Å²) in [6.07, 6.45) is 10.7. The molecule has 9 heteroatoms. The molecule has 0 bridgehead atoms. The number of amides is 1. The van der Waals surface area contributed by atoms with Crippen LogP contribution < -0.4 is 16.0 Å². The van der Waals surface area contributed by atoms with E-state index in [0.717, 1.165) is 36.8 Å². The van der Waals surface area contributed by atoms with Gasteiger partial charge >= 0.3 is 0 Å². The zero-order valence-corrected chi connectivity index (χ0v) is 21.9. The van der Waals surface area contributed by atoms with Crippen LogP contribution in [-0.4, -0.2) is 31.5 Å². The molecule has 8 nitrogen and oxygen atoms in total. The summed E-state index contributed by atoms with van der Waals surface area (Å²) in [5.74, 6) is 1.93. The highest BCUT2D eigenvalue weighted by atomic mass is 35.5. The molecule has 2 aromatic carbocycles. The van der Waals surface area contributed by atoms with Crippen molar-refractivity contribution in [1.29, 1.82) is 0 Å². The molecule has 2 aromatic heterocycles. The average Bonchev–Trinajstić information content (AvgIpc) is 3.51. The largest absolute Gasteiger partial charge is 0.358 e. The molecule has 0 saturated heterocycles. The highest BCUT2D eigenvalue weighted by Crippen LogP contribution is 2.29. The quantitative estimate of drug-likeness (QED) is 0.247. The van der Waals surface area contributed by atoms with Crippen LogP contribution in [0.2, 0.25) is 5.02 Å². The van der Waals surface area contributed by atoms with Gasteiger partial charge in [-0.2, -0.15) is 9.97 Å². The van der Waals surface area contributed by atoms with Gasteiger partial charge in [0.15, 0.2) is 0 Å². The fourth-order valence-electron chi connectivity index (χ4n) is 4.82. The Morgan fingerprint density at radius 1 is 0.974 bits per heavy atom. The van der Waals surface area contributed by atoms with Crippen molar-refractivity contribution in [3.8, 4) is 5.82 Å². The maximum absolute atomic E-state index is 13.5. The number of rotatable bonds is 10. The summed E-state index contributed by atoms with van der Waals surface area (Å²) in [5.41, 5.74) is 2.13. The average molecular weight is 530 g/mol. The van der Waals surface area contributed by atoms with Crippen LogP contribution in [0.1, 0.15) is 43.2 Å². The lowest BCUT2D eigenvalue weighted by Gasteiger charge is -2.30. The maximum atomic E-state index is 13.5. The van der Waals surface area contributed by atoms with Gasteiger partial charge in [0.25, 0.3) is 0 Å². The molecule has 0 aliphatic heterocycles. The first-order valence-electron chi connectivity index (χ1n) is 13.1. The Balaban J connectivity index is 1.37. The Bertz CT molecular complexity index is 1310. The van der Waals surface area contributed by atoms with Crippen molar-refractivity contribution in [2.45, 2.75) is 51.2 Å². The van der Waals surface area contributed by atoms with E-state index in [1.54, 1.807) is 12.5 Å². The van der Waals surface area contributed by atoms with Gasteiger partial charge in [-0.05, 0) is 42.0 Å². The lowest BCUT2D eigenvalue weighted by molar-refractivity contribution is -0.123. The van der Waals surface area contributed by atoms with Crippen molar-refractivity contribution in [2.24, 2.45) is 5.92 Å². The monoisotopic (exact) mass is 529 g/mol. The van der Waals surface area contributed by atoms with Gasteiger partial charge in [-0.15, -0.1) is 0 Å². The van der Waals surface area contributed by atoms with Gasteiger partial charge in [0.2, 0.25) is 11.9 Å². The number of nitrogens with zero attached hydrogens (tertiary/aromatic N) is 4. The second-order valence-corrected chi connectivity index (χ2v) is 10.0. The molecular weight excluding hydrogens is 498 g/mol. The van der Waals surface area contributed by atoms with Crippen LogP contribution in [-0.2, 0) is 17.9 Å². The van der Waals surface area contributed by atoms with Gasteiger partial charge < -0.3 is 16.0 Å². The number of halogens is 1. The van der Waals surface area contributed by atoms with Crippen molar-refractivity contribution in [2.75, 3.05) is 10.6 Å². The van der Waals surface area contributed by atoms with Gasteiger partial charge in [0.05, 0.1) is 0 Å². The molecule has 3 N–H and O–H groups in total. The number of anilines is 2. The summed E-state index contributed by atoms with van der Waals surface area (Å²) < 4.78 is 1.83. The van der Waals surface area contributed by atoms with E-state index in [1.807, 2.05) is 59.3 Å². The minimum absolute atomic E-state index is 0.0339. The molecule has 0 radical (unpaired) electrons. The molecule has 4 aromatic rings. The summed E-state index contributed by atoms with van der Waals surface area (Å²) in [4.78, 5) is 27.1. The first-order valence-corrected chi connectivity index (χ1v) is 13.5. The molecule has 1 aliphatic rings. The first-order chi connectivity index (χ1) is 18.6. The van der Waals surface area contributed by atoms with E-state index in [0.29, 0.717) is 35.7 Å². The Labute approximate surface area is 227 Å². The van der Waals surface area contributed by atoms with E-state index in [2.05, 4.69) is 38.1 Å². The lowest BCUT2D eigenvalue weighted by Crippen LogP contribution is -2.45. The summed E-state index contributed by atoms with van der Waals surface area (Å²) in [6, 6.07) is 19.1. The third kappa shape index (κ3) is 6.89. The standard InChI is InChI=1S/C29H32ClN7O/c30-24-13-11-22(12-14-24)18-32-28(38)27(23-9-5-2-6-10-23)34-25-17-26(37-16-15-31-20-37)36-29(35-25)33-19-21-7-3-1-4-8-21/h1,3-4,7-8,11-17,20,23,27H,2,5-6,9-10,18-19H2,(H,32,38)(H2,33,34,35,36). The smallest absolute Gasteiger partial charge is 0.243 e. The predicted molar refractivity (Wildman–Crippen MR) is 150 cm³/mol. The highest BCUT2D eigenvalue weighted by molar-refractivity contribution is 6.30. The van der Waals surface area contributed by atoms with Crippen LogP contribution in [0.4, 0.5) is 11.8 Å². The maximum Gasteiger partial charge on any atom is 0.243 e. The SMILES string of the molecule is O=C(NCc1ccc(Cl)cc1)C(Nc1cc(-n2ccnc2)nc(NCc2ccccc2)n1)C1CCCCC1. The molecule has 1 saturated carbocycles. The minimum Gasteiger partial charge on any atom is -0.358 e. The van der Waals surface area contributed by atoms with Gasteiger partial charge in [-0.25, -0.2) is 4.98 Å². The van der Waals surface area contributed by atoms with Crippen molar-refractivity contribution >= 4 is 29.3 Å². The third-order valence-electron chi connectivity index (χ3n) is 6.86. The van der Waals surface area contributed by atoms with Crippen LogP contribution in [0.3, 0.4) is 0 Å². The molecule has 196 valence electrons.